The van der Waals surface area contributed by atoms with Crippen molar-refractivity contribution in [2.24, 2.45) is 0 Å². The highest BCUT2D eigenvalue weighted by molar-refractivity contribution is 5.97. The van der Waals surface area contributed by atoms with Gasteiger partial charge in [-0.05, 0) is 12.5 Å². The first kappa shape index (κ1) is 12.6. The molecule has 0 unspecified atom stereocenters. The van der Waals surface area contributed by atoms with E-state index in [1.54, 1.807) is 0 Å². The van der Waals surface area contributed by atoms with E-state index in [4.69, 9.17) is 0 Å². The predicted molar refractivity (Wildman–Crippen MR) is 65.7 cm³/mol. The lowest BCUT2D eigenvalue weighted by molar-refractivity contribution is -0.139. The van der Waals surface area contributed by atoms with Crippen molar-refractivity contribution in [2.45, 2.75) is 31.5 Å². The summed E-state index contributed by atoms with van der Waals surface area (Å²) in [5.41, 5.74) is 0.980. The number of amides is 2. The zero-order valence-corrected chi connectivity index (χ0v) is 10.1. The zero-order valence-electron chi connectivity index (χ0n) is 10.1. The van der Waals surface area contributed by atoms with Crippen LogP contribution in [0.5, 0.6) is 0 Å². The van der Waals surface area contributed by atoms with E-state index in [2.05, 4.69) is 10.6 Å². The van der Waals surface area contributed by atoms with Crippen molar-refractivity contribution in [3.05, 3.63) is 35.9 Å². The van der Waals surface area contributed by atoms with Gasteiger partial charge in [0.1, 0.15) is 12.1 Å². The highest BCUT2D eigenvalue weighted by atomic mass is 16.3. The minimum absolute atomic E-state index is 0.260. The third-order valence-electron chi connectivity index (χ3n) is 2.98. The van der Waals surface area contributed by atoms with Crippen LogP contribution < -0.4 is 10.6 Å². The Bertz CT molecular complexity index is 445. The first-order valence-corrected chi connectivity index (χ1v) is 5.90. The van der Waals surface area contributed by atoms with Crippen LogP contribution in [0.25, 0.3) is 0 Å². The largest absolute Gasteiger partial charge is 0.391 e. The molecular weight excluding hydrogens is 232 g/mol. The first-order valence-electron chi connectivity index (χ1n) is 5.90. The topological polar surface area (TPSA) is 78.4 Å². The summed E-state index contributed by atoms with van der Waals surface area (Å²) in [7, 11) is 0. The number of hydrogen-bond acceptors (Lipinski definition) is 3. The lowest BCUT2D eigenvalue weighted by Crippen LogP contribution is -2.65. The number of benzene rings is 1. The molecule has 1 aromatic rings. The maximum Gasteiger partial charge on any atom is 0.245 e. The highest BCUT2D eigenvalue weighted by Gasteiger charge is 2.35. The van der Waals surface area contributed by atoms with Crippen molar-refractivity contribution in [3.8, 4) is 0 Å². The van der Waals surface area contributed by atoms with Gasteiger partial charge in [-0.2, -0.15) is 0 Å². The average Bonchev–Trinajstić information content (AvgIpc) is 2.34. The van der Waals surface area contributed by atoms with Gasteiger partial charge in [-0.25, -0.2) is 0 Å². The van der Waals surface area contributed by atoms with Gasteiger partial charge in [-0.3, -0.25) is 9.59 Å². The molecule has 0 saturated carbocycles. The van der Waals surface area contributed by atoms with Gasteiger partial charge < -0.3 is 15.7 Å². The molecule has 1 heterocycles. The van der Waals surface area contributed by atoms with Crippen molar-refractivity contribution in [3.63, 3.8) is 0 Å². The lowest BCUT2D eigenvalue weighted by Gasteiger charge is -2.31. The predicted octanol–water partition coefficient (Wildman–Crippen LogP) is -0.407. The Labute approximate surface area is 105 Å². The summed E-state index contributed by atoms with van der Waals surface area (Å²) in [5.74, 6) is -0.602. The van der Waals surface area contributed by atoms with Gasteiger partial charge >= 0.3 is 0 Å². The van der Waals surface area contributed by atoms with E-state index in [-0.39, 0.29) is 11.8 Å². The minimum Gasteiger partial charge on any atom is -0.391 e. The number of carbonyl (C=O) groups excluding carboxylic acids is 2. The maximum atomic E-state index is 11.8. The highest BCUT2D eigenvalue weighted by Crippen LogP contribution is 2.08. The van der Waals surface area contributed by atoms with Crippen LogP contribution in [0.2, 0.25) is 0 Å². The molecule has 0 spiro atoms. The van der Waals surface area contributed by atoms with Gasteiger partial charge in [0.2, 0.25) is 11.8 Å². The summed E-state index contributed by atoms with van der Waals surface area (Å²) in [4.78, 5) is 23.5. The third kappa shape index (κ3) is 2.68. The monoisotopic (exact) mass is 248 g/mol. The van der Waals surface area contributed by atoms with Crippen LogP contribution in [0.3, 0.4) is 0 Å². The molecule has 1 fully saturated rings. The fraction of sp³-hybridized carbons (Fsp3) is 0.385. The number of aliphatic hydroxyl groups excluding tert-OH is 1. The number of hydrogen-bond donors (Lipinski definition) is 3. The fourth-order valence-corrected chi connectivity index (χ4v) is 1.98. The van der Waals surface area contributed by atoms with Gasteiger partial charge in [0, 0.05) is 6.42 Å². The molecule has 5 heteroatoms. The quantitative estimate of drug-likeness (QED) is 0.680. The number of piperazine rings is 1. The van der Waals surface area contributed by atoms with E-state index in [9.17, 15) is 14.7 Å². The SMILES string of the molecule is C[C@H](O)[C@H]1NC(=O)[C@@H](Cc2ccccc2)NC1=O. The van der Waals surface area contributed by atoms with E-state index in [1.807, 2.05) is 30.3 Å². The summed E-state index contributed by atoms with van der Waals surface area (Å²) < 4.78 is 0. The van der Waals surface area contributed by atoms with Crippen molar-refractivity contribution in [2.75, 3.05) is 0 Å². The molecule has 96 valence electrons. The molecule has 3 N–H and O–H groups in total. The number of nitrogens with one attached hydrogen (secondary N) is 2. The Morgan fingerprint density at radius 2 is 1.83 bits per heavy atom. The first-order chi connectivity index (χ1) is 8.58. The van der Waals surface area contributed by atoms with Crippen LogP contribution in [-0.4, -0.2) is 35.1 Å². The van der Waals surface area contributed by atoms with Crippen LogP contribution in [0, 0.1) is 0 Å². The summed E-state index contributed by atoms with van der Waals surface area (Å²) in [6.45, 7) is 1.47. The van der Waals surface area contributed by atoms with Gasteiger partial charge in [-0.1, -0.05) is 30.3 Å². The van der Waals surface area contributed by atoms with Gasteiger partial charge in [0.15, 0.2) is 0 Å². The Kier molecular flexibility index (Phi) is 3.62. The second-order valence-electron chi connectivity index (χ2n) is 4.48. The van der Waals surface area contributed by atoms with Crippen LogP contribution in [-0.2, 0) is 16.0 Å². The Hall–Kier alpha value is -1.88. The Morgan fingerprint density at radius 1 is 1.17 bits per heavy atom. The lowest BCUT2D eigenvalue weighted by atomic mass is 10.0. The van der Waals surface area contributed by atoms with E-state index < -0.39 is 18.2 Å². The van der Waals surface area contributed by atoms with Crippen molar-refractivity contribution in [1.29, 1.82) is 0 Å². The second kappa shape index (κ2) is 5.18. The fourth-order valence-electron chi connectivity index (χ4n) is 1.98. The standard InChI is InChI=1S/C13H16N2O3/c1-8(16)11-13(18)14-10(12(17)15-11)7-9-5-3-2-4-6-9/h2-6,8,10-11,16H,7H2,1H3,(H,14,18)(H,15,17)/t8-,10+,11+/m0/s1. The number of aliphatic hydroxyl groups is 1. The molecule has 0 aliphatic carbocycles. The normalized spacial score (nSPS) is 25.2. The van der Waals surface area contributed by atoms with Crippen molar-refractivity contribution < 1.29 is 14.7 Å². The van der Waals surface area contributed by atoms with Crippen molar-refractivity contribution >= 4 is 11.8 Å². The smallest absolute Gasteiger partial charge is 0.245 e. The molecule has 2 rings (SSSR count). The molecule has 5 nitrogen and oxygen atoms in total. The van der Waals surface area contributed by atoms with Crippen LogP contribution in [0.4, 0.5) is 0 Å². The second-order valence-corrected chi connectivity index (χ2v) is 4.48. The van der Waals surface area contributed by atoms with E-state index in [1.165, 1.54) is 6.92 Å². The van der Waals surface area contributed by atoms with E-state index in [0.717, 1.165) is 5.56 Å². The van der Waals surface area contributed by atoms with Crippen LogP contribution >= 0.6 is 0 Å². The third-order valence-corrected chi connectivity index (χ3v) is 2.98. The molecule has 0 aromatic heterocycles. The van der Waals surface area contributed by atoms with Crippen LogP contribution in [0.1, 0.15) is 12.5 Å². The molecule has 1 aliphatic rings. The molecular formula is C13H16N2O3. The van der Waals surface area contributed by atoms with Gasteiger partial charge in [0.05, 0.1) is 6.10 Å². The number of rotatable bonds is 3. The molecule has 18 heavy (non-hydrogen) atoms. The van der Waals surface area contributed by atoms with Gasteiger partial charge in [0.25, 0.3) is 0 Å². The summed E-state index contributed by atoms with van der Waals surface area (Å²) >= 11 is 0. The molecule has 0 bridgehead atoms. The van der Waals surface area contributed by atoms with E-state index in [0.29, 0.717) is 6.42 Å². The molecule has 0 radical (unpaired) electrons. The molecule has 1 aromatic carbocycles. The molecule has 1 saturated heterocycles. The summed E-state index contributed by atoms with van der Waals surface area (Å²) in [5, 5.41) is 14.5. The minimum atomic E-state index is -0.897. The van der Waals surface area contributed by atoms with Crippen LogP contribution in [0.15, 0.2) is 30.3 Å². The molecule has 2 amide bonds. The zero-order chi connectivity index (χ0) is 13.1. The Balaban J connectivity index is 2.04. The Morgan fingerprint density at radius 3 is 2.44 bits per heavy atom. The van der Waals surface area contributed by atoms with Crippen molar-refractivity contribution in [1.82, 2.24) is 10.6 Å². The molecule has 1 aliphatic heterocycles. The maximum absolute atomic E-state index is 11.8. The van der Waals surface area contributed by atoms with E-state index >= 15 is 0 Å². The number of carbonyl (C=O) groups is 2. The summed E-state index contributed by atoms with van der Waals surface area (Å²) in [6, 6.07) is 8.04. The van der Waals surface area contributed by atoms with Gasteiger partial charge in [-0.15, -0.1) is 0 Å². The average molecular weight is 248 g/mol. The summed E-state index contributed by atoms with van der Waals surface area (Å²) in [6.07, 6.45) is -0.447. The molecule has 3 atom stereocenters.